The lowest BCUT2D eigenvalue weighted by Crippen LogP contribution is -2.72. The van der Waals surface area contributed by atoms with Crippen LogP contribution in [0.15, 0.2) is 42.5 Å². The van der Waals surface area contributed by atoms with Gasteiger partial charge in [-0.1, -0.05) is 36.4 Å². The number of carbonyl (C=O) groups excluding carboxylic acids is 1. The van der Waals surface area contributed by atoms with E-state index in [0.29, 0.717) is 12.6 Å². The van der Waals surface area contributed by atoms with Crippen molar-refractivity contribution in [2.24, 2.45) is 11.3 Å². The Kier molecular flexibility index (Phi) is 4.75. The van der Waals surface area contributed by atoms with E-state index < -0.39 is 0 Å². The van der Waals surface area contributed by atoms with Gasteiger partial charge in [-0.2, -0.15) is 0 Å². The first-order valence-electron chi connectivity index (χ1n) is 14.2. The number of methoxy groups -OCH3 is 1. The zero-order chi connectivity index (χ0) is 24.8. The minimum Gasteiger partial charge on any atom is -0.493 e. The maximum absolute atomic E-state index is 13.6. The molecule has 4 heterocycles. The summed E-state index contributed by atoms with van der Waals surface area (Å²) in [5.74, 6) is 2.67. The summed E-state index contributed by atoms with van der Waals surface area (Å²) in [6.07, 6.45) is 7.88. The summed E-state index contributed by atoms with van der Waals surface area (Å²) in [5, 5.41) is 0. The highest BCUT2D eigenvalue weighted by Gasteiger charge is 2.74. The third-order valence-electron chi connectivity index (χ3n) is 10.8. The van der Waals surface area contributed by atoms with E-state index in [9.17, 15) is 4.79 Å². The van der Waals surface area contributed by atoms with Crippen molar-refractivity contribution in [1.29, 1.82) is 0 Å². The molecule has 4 bridgehead atoms. The number of rotatable bonds is 5. The van der Waals surface area contributed by atoms with Crippen molar-refractivity contribution in [2.75, 3.05) is 26.7 Å². The van der Waals surface area contributed by atoms with Gasteiger partial charge in [0.2, 0.25) is 0 Å². The van der Waals surface area contributed by atoms with Crippen molar-refractivity contribution in [3.8, 4) is 11.5 Å². The Balaban J connectivity index is 1.20. The van der Waals surface area contributed by atoms with E-state index in [1.165, 1.54) is 30.5 Å². The lowest BCUT2D eigenvalue weighted by molar-refractivity contribution is -0.129. The molecule has 0 N–H and O–H groups in total. The van der Waals surface area contributed by atoms with Gasteiger partial charge in [-0.15, -0.1) is 0 Å². The van der Waals surface area contributed by atoms with Gasteiger partial charge in [-0.3, -0.25) is 4.90 Å². The third-order valence-corrected chi connectivity index (χ3v) is 10.8. The highest BCUT2D eigenvalue weighted by molar-refractivity contribution is 5.70. The Hall–Kier alpha value is -2.73. The van der Waals surface area contributed by atoms with Crippen LogP contribution in [0.3, 0.4) is 0 Å². The molecule has 2 aromatic carbocycles. The van der Waals surface area contributed by atoms with E-state index >= 15 is 0 Å². The van der Waals surface area contributed by atoms with Crippen molar-refractivity contribution in [3.63, 3.8) is 0 Å². The number of piperidine rings is 1. The number of amides is 1. The molecule has 5 fully saturated rings. The van der Waals surface area contributed by atoms with Gasteiger partial charge in [0.25, 0.3) is 0 Å². The van der Waals surface area contributed by atoms with E-state index in [-0.39, 0.29) is 29.1 Å². The minimum atomic E-state index is -0.197. The monoisotopic (exact) mass is 500 g/mol. The molecule has 0 radical (unpaired) electrons. The quantitative estimate of drug-likeness (QED) is 0.583. The zero-order valence-corrected chi connectivity index (χ0v) is 21.7. The molecule has 3 saturated heterocycles. The van der Waals surface area contributed by atoms with Gasteiger partial charge in [0, 0.05) is 35.5 Å². The average molecular weight is 501 g/mol. The van der Waals surface area contributed by atoms with E-state index in [1.54, 1.807) is 7.11 Å². The maximum atomic E-state index is 13.6. The van der Waals surface area contributed by atoms with Gasteiger partial charge in [-0.05, 0) is 74.6 Å². The number of hydrogen-bond donors (Lipinski definition) is 0. The molecule has 3 aliphatic carbocycles. The molecule has 2 aromatic rings. The molecule has 0 aromatic heterocycles. The first-order chi connectivity index (χ1) is 18.1. The highest BCUT2D eigenvalue weighted by atomic mass is 16.6. The molecular weight excluding hydrogens is 464 g/mol. The van der Waals surface area contributed by atoms with Crippen LogP contribution >= 0.6 is 0 Å². The largest absolute Gasteiger partial charge is 0.493 e. The molecule has 0 unspecified atom stereocenters. The molecule has 2 spiro atoms. The molecular formula is C31H36N2O4. The van der Waals surface area contributed by atoms with Crippen LogP contribution in [0.4, 0.5) is 4.79 Å². The lowest BCUT2D eigenvalue weighted by atomic mass is 9.42. The van der Waals surface area contributed by atoms with Crippen LogP contribution in [-0.4, -0.2) is 60.8 Å². The third kappa shape index (κ3) is 2.94. The fraction of sp³-hybridized carbons (Fsp3) is 0.581. The molecule has 194 valence electrons. The van der Waals surface area contributed by atoms with Crippen molar-refractivity contribution in [1.82, 2.24) is 9.80 Å². The number of nitrogens with zero attached hydrogens (tertiary/aromatic N) is 2. The van der Waals surface area contributed by atoms with Gasteiger partial charge < -0.3 is 19.1 Å². The van der Waals surface area contributed by atoms with Crippen molar-refractivity contribution < 1.29 is 19.0 Å². The average Bonchev–Trinajstić information content (AvgIpc) is 3.72. The summed E-state index contributed by atoms with van der Waals surface area (Å²) in [6.45, 7) is 3.42. The van der Waals surface area contributed by atoms with Crippen LogP contribution in [-0.2, 0) is 23.2 Å². The van der Waals surface area contributed by atoms with Crippen LogP contribution in [0.1, 0.15) is 55.2 Å². The highest BCUT2D eigenvalue weighted by Crippen LogP contribution is 2.71. The Morgan fingerprint density at radius 3 is 2.73 bits per heavy atom. The van der Waals surface area contributed by atoms with E-state index in [1.807, 2.05) is 35.2 Å². The van der Waals surface area contributed by atoms with E-state index in [2.05, 4.69) is 17.0 Å². The van der Waals surface area contributed by atoms with Gasteiger partial charge in [-0.25, -0.2) is 4.79 Å². The normalized spacial score (nSPS) is 34.9. The molecule has 7 aliphatic rings. The van der Waals surface area contributed by atoms with Gasteiger partial charge >= 0.3 is 6.09 Å². The van der Waals surface area contributed by atoms with Crippen molar-refractivity contribution in [2.45, 2.75) is 75.2 Å². The van der Waals surface area contributed by atoms with Crippen molar-refractivity contribution >= 4 is 6.09 Å². The summed E-state index contributed by atoms with van der Waals surface area (Å²) >= 11 is 0. The molecule has 1 amide bonds. The molecule has 9 rings (SSSR count). The smallest absolute Gasteiger partial charge is 0.410 e. The Bertz CT molecular complexity index is 1250. The first-order valence-corrected chi connectivity index (χ1v) is 14.2. The van der Waals surface area contributed by atoms with E-state index in [0.717, 1.165) is 68.2 Å². The Labute approximate surface area is 218 Å². The minimum absolute atomic E-state index is 0.0255. The number of fused-ring (bicyclic) bond motifs is 3. The maximum Gasteiger partial charge on any atom is 0.410 e. The number of hydrogen-bond acceptors (Lipinski definition) is 5. The Morgan fingerprint density at radius 2 is 1.92 bits per heavy atom. The van der Waals surface area contributed by atoms with Gasteiger partial charge in [0.15, 0.2) is 11.5 Å². The fourth-order valence-corrected chi connectivity index (χ4v) is 9.17. The second-order valence-electron chi connectivity index (χ2n) is 12.3. The van der Waals surface area contributed by atoms with Crippen LogP contribution in [0.2, 0.25) is 0 Å². The number of likely N-dealkylation sites (tertiary alicyclic amines) is 1. The summed E-state index contributed by atoms with van der Waals surface area (Å²) in [6, 6.07) is 14.9. The lowest BCUT2D eigenvalue weighted by Gasteiger charge is -2.65. The van der Waals surface area contributed by atoms with Crippen LogP contribution < -0.4 is 9.47 Å². The SMILES string of the molecule is COc1ccc2c3c1O[C@H]1[C@H]4CC[C@@]5(CCN4C(=O)OCc4ccccc4)[C@@H](C2)N(CC2CC2)CC[C@]315. The Morgan fingerprint density at radius 1 is 1.05 bits per heavy atom. The molecule has 4 aliphatic heterocycles. The summed E-state index contributed by atoms with van der Waals surface area (Å²) in [4.78, 5) is 18.5. The summed E-state index contributed by atoms with van der Waals surface area (Å²) in [5.41, 5.74) is 3.96. The molecule has 2 saturated carbocycles. The van der Waals surface area contributed by atoms with Gasteiger partial charge in [0.05, 0.1) is 13.2 Å². The standard InChI is InChI=1S/C31H36N2O4/c1-35-24-10-9-22-17-25-30-12-11-23(33(16-13-30)29(34)36-19-21-5-3-2-4-6-21)28-31(30,26(22)27(24)37-28)14-15-32(25)18-20-7-8-20/h2-6,9-10,20,23,25,28H,7-8,11-19H2,1H3/t23-,25-,28+,30-,31+/m1/s1. The molecule has 37 heavy (non-hydrogen) atoms. The predicted molar refractivity (Wildman–Crippen MR) is 139 cm³/mol. The van der Waals surface area contributed by atoms with Crippen LogP contribution in [0.25, 0.3) is 0 Å². The summed E-state index contributed by atoms with van der Waals surface area (Å²) in [7, 11) is 1.74. The zero-order valence-electron chi connectivity index (χ0n) is 21.7. The summed E-state index contributed by atoms with van der Waals surface area (Å²) < 4.78 is 18.7. The number of ether oxygens (including phenoxy) is 3. The topological polar surface area (TPSA) is 51.2 Å². The molecule has 6 heteroatoms. The first kappa shape index (κ1) is 22.3. The second-order valence-corrected chi connectivity index (χ2v) is 12.3. The van der Waals surface area contributed by atoms with E-state index in [4.69, 9.17) is 14.2 Å². The van der Waals surface area contributed by atoms with Crippen molar-refractivity contribution in [3.05, 3.63) is 59.2 Å². The van der Waals surface area contributed by atoms with Gasteiger partial charge in [0.1, 0.15) is 12.7 Å². The fourth-order valence-electron chi connectivity index (χ4n) is 9.17. The molecule has 6 nitrogen and oxygen atoms in total. The molecule has 5 atom stereocenters. The second kappa shape index (κ2) is 7.89. The number of carbonyl (C=O) groups is 1. The number of benzene rings is 2. The predicted octanol–water partition coefficient (Wildman–Crippen LogP) is 4.93. The van der Waals surface area contributed by atoms with Crippen LogP contribution in [0, 0.1) is 11.3 Å². The van der Waals surface area contributed by atoms with Crippen LogP contribution in [0.5, 0.6) is 11.5 Å².